The SMILES string of the molecule is COCc1nnc(CNc2nc(N3CC(NC(=O)OC(C)(C)C)C(C)(C)C3)c3cccc(C)c3n2)s1. The molecule has 1 aliphatic heterocycles. The van der Waals surface area contributed by atoms with Crippen LogP contribution in [-0.2, 0) is 22.6 Å². The Morgan fingerprint density at radius 2 is 1.97 bits per heavy atom. The summed E-state index contributed by atoms with van der Waals surface area (Å²) in [5.41, 5.74) is 1.23. The molecule has 3 aromatic rings. The van der Waals surface area contributed by atoms with Crippen molar-refractivity contribution in [3.05, 3.63) is 33.8 Å². The second-order valence-corrected chi connectivity index (χ2v) is 11.9. The number of carbonyl (C=O) groups excluding carboxylic acids is 1. The number of alkyl carbamates (subject to hydrolysis) is 1. The van der Waals surface area contributed by atoms with Gasteiger partial charge in [-0.15, -0.1) is 10.2 Å². The van der Waals surface area contributed by atoms with Crippen LogP contribution in [0.4, 0.5) is 16.6 Å². The van der Waals surface area contributed by atoms with Gasteiger partial charge in [0, 0.05) is 31.0 Å². The van der Waals surface area contributed by atoms with Gasteiger partial charge in [0.25, 0.3) is 0 Å². The van der Waals surface area contributed by atoms with E-state index in [0.717, 1.165) is 38.8 Å². The highest BCUT2D eigenvalue weighted by Gasteiger charge is 2.42. The number of carbonyl (C=O) groups is 1. The van der Waals surface area contributed by atoms with Crippen LogP contribution in [-0.4, -0.2) is 58.1 Å². The minimum Gasteiger partial charge on any atom is -0.444 e. The highest BCUT2D eigenvalue weighted by Crippen LogP contribution is 2.36. The van der Waals surface area contributed by atoms with Crippen molar-refractivity contribution in [2.75, 3.05) is 30.4 Å². The summed E-state index contributed by atoms with van der Waals surface area (Å²) in [6.45, 7) is 14.2. The summed E-state index contributed by atoms with van der Waals surface area (Å²) >= 11 is 1.49. The lowest BCUT2D eigenvalue weighted by Crippen LogP contribution is -2.46. The molecule has 1 fully saturated rings. The number of amides is 1. The fourth-order valence-electron chi connectivity index (χ4n) is 4.28. The Hall–Kier alpha value is -3.05. The van der Waals surface area contributed by atoms with Crippen molar-refractivity contribution in [2.24, 2.45) is 5.41 Å². The minimum absolute atomic E-state index is 0.0980. The lowest BCUT2D eigenvalue weighted by molar-refractivity contribution is 0.0480. The van der Waals surface area contributed by atoms with Crippen molar-refractivity contribution in [2.45, 2.75) is 66.3 Å². The number of anilines is 2. The Morgan fingerprint density at radius 3 is 2.69 bits per heavy atom. The molecule has 194 valence electrons. The van der Waals surface area contributed by atoms with Gasteiger partial charge in [-0.1, -0.05) is 37.3 Å². The minimum atomic E-state index is -0.551. The number of para-hydroxylation sites is 1. The van der Waals surface area contributed by atoms with Gasteiger partial charge in [0.2, 0.25) is 5.95 Å². The van der Waals surface area contributed by atoms with Crippen LogP contribution in [0.5, 0.6) is 0 Å². The number of benzene rings is 1. The van der Waals surface area contributed by atoms with Crippen LogP contribution < -0.4 is 15.5 Å². The smallest absolute Gasteiger partial charge is 0.407 e. The second-order valence-electron chi connectivity index (χ2n) is 10.8. The second kappa shape index (κ2) is 10.1. The number of hydrogen-bond donors (Lipinski definition) is 2. The van der Waals surface area contributed by atoms with Crippen LogP contribution in [0, 0.1) is 12.3 Å². The van der Waals surface area contributed by atoms with Gasteiger partial charge < -0.3 is 25.0 Å². The summed E-state index contributed by atoms with van der Waals surface area (Å²) < 4.78 is 10.6. The first-order valence-corrected chi connectivity index (χ1v) is 12.8. The van der Waals surface area contributed by atoms with Gasteiger partial charge in [0.05, 0.1) is 24.7 Å². The number of aryl methyl sites for hydroxylation is 1. The van der Waals surface area contributed by atoms with E-state index in [9.17, 15) is 4.79 Å². The molecule has 1 aliphatic rings. The first-order chi connectivity index (χ1) is 16.9. The quantitative estimate of drug-likeness (QED) is 0.477. The van der Waals surface area contributed by atoms with Crippen LogP contribution in [0.3, 0.4) is 0 Å². The molecule has 0 bridgehead atoms. The van der Waals surface area contributed by atoms with E-state index in [1.807, 2.05) is 45.9 Å². The van der Waals surface area contributed by atoms with Gasteiger partial charge in [0.15, 0.2) is 0 Å². The van der Waals surface area contributed by atoms with Crippen LogP contribution in [0.25, 0.3) is 10.9 Å². The lowest BCUT2D eigenvalue weighted by Gasteiger charge is -2.27. The normalized spacial score (nSPS) is 17.4. The van der Waals surface area contributed by atoms with Gasteiger partial charge in [0.1, 0.15) is 21.4 Å². The monoisotopic (exact) mass is 513 g/mol. The maximum absolute atomic E-state index is 12.5. The van der Waals surface area contributed by atoms with E-state index in [-0.39, 0.29) is 11.5 Å². The third-order valence-electron chi connectivity index (χ3n) is 6.02. The summed E-state index contributed by atoms with van der Waals surface area (Å²) in [4.78, 5) is 24.4. The fourth-order valence-corrected chi connectivity index (χ4v) is 5.04. The molecular formula is C25H35N7O3S. The summed E-state index contributed by atoms with van der Waals surface area (Å²) in [5, 5.41) is 17.4. The largest absolute Gasteiger partial charge is 0.444 e. The summed E-state index contributed by atoms with van der Waals surface area (Å²) in [5.74, 6) is 1.36. The van der Waals surface area contributed by atoms with E-state index in [1.165, 1.54) is 11.3 Å². The van der Waals surface area contributed by atoms with Crippen molar-refractivity contribution in [3.63, 3.8) is 0 Å². The average Bonchev–Trinajstić information content (AvgIpc) is 3.34. The molecule has 2 N–H and O–H groups in total. The molecule has 10 nitrogen and oxygen atoms in total. The van der Waals surface area contributed by atoms with Crippen molar-refractivity contribution < 1.29 is 14.3 Å². The Labute approximate surface area is 215 Å². The fraction of sp³-hybridized carbons (Fsp3) is 0.560. The molecule has 11 heteroatoms. The van der Waals surface area contributed by atoms with Crippen LogP contribution in [0.15, 0.2) is 18.2 Å². The van der Waals surface area contributed by atoms with E-state index in [2.05, 4.69) is 39.6 Å². The van der Waals surface area contributed by atoms with E-state index in [1.54, 1.807) is 7.11 Å². The topological polar surface area (TPSA) is 114 Å². The van der Waals surface area contributed by atoms with Gasteiger partial charge in [-0.3, -0.25) is 0 Å². The number of nitrogens with one attached hydrogen (secondary N) is 2. The van der Waals surface area contributed by atoms with Gasteiger partial charge >= 0.3 is 6.09 Å². The van der Waals surface area contributed by atoms with E-state index < -0.39 is 11.7 Å². The van der Waals surface area contributed by atoms with Crippen LogP contribution in [0.2, 0.25) is 0 Å². The zero-order chi connectivity index (χ0) is 26.1. The Bertz CT molecular complexity index is 1240. The molecule has 0 spiro atoms. The summed E-state index contributed by atoms with van der Waals surface area (Å²) in [6.07, 6.45) is -0.405. The molecule has 2 aromatic heterocycles. The number of rotatable bonds is 7. The Balaban J connectivity index is 1.59. The zero-order valence-corrected chi connectivity index (χ0v) is 22.8. The van der Waals surface area contributed by atoms with Gasteiger partial charge in [-0.25, -0.2) is 9.78 Å². The standard InChI is InChI=1S/C25H35N7O3S/c1-15-9-8-10-16-20(15)28-22(26-11-18-30-31-19(36-18)13-34-7)29-21(16)32-12-17(25(5,6)14-32)27-23(33)35-24(2,3)4/h8-10,17H,11-14H2,1-7H3,(H,27,33)(H,26,28,29). The molecular weight excluding hydrogens is 478 g/mol. The summed E-state index contributed by atoms with van der Waals surface area (Å²) in [6, 6.07) is 6.02. The first kappa shape index (κ1) is 26.0. The van der Waals surface area contributed by atoms with E-state index in [4.69, 9.17) is 19.4 Å². The molecule has 1 atom stereocenters. The zero-order valence-electron chi connectivity index (χ0n) is 22.0. The van der Waals surface area contributed by atoms with Gasteiger partial charge in [-0.2, -0.15) is 4.98 Å². The average molecular weight is 514 g/mol. The lowest BCUT2D eigenvalue weighted by atomic mass is 9.88. The number of nitrogens with zero attached hydrogens (tertiary/aromatic N) is 5. The predicted octanol–water partition coefficient (Wildman–Crippen LogP) is 4.29. The van der Waals surface area contributed by atoms with Crippen molar-refractivity contribution in [1.29, 1.82) is 0 Å². The van der Waals surface area contributed by atoms with Crippen LogP contribution >= 0.6 is 11.3 Å². The van der Waals surface area contributed by atoms with Crippen molar-refractivity contribution in [1.82, 2.24) is 25.5 Å². The number of aromatic nitrogens is 4. The molecule has 0 radical (unpaired) electrons. The highest BCUT2D eigenvalue weighted by molar-refractivity contribution is 7.11. The predicted molar refractivity (Wildman–Crippen MR) is 141 cm³/mol. The molecule has 1 saturated heterocycles. The van der Waals surface area contributed by atoms with Gasteiger partial charge in [-0.05, 0) is 39.3 Å². The number of fused-ring (bicyclic) bond motifs is 1. The highest BCUT2D eigenvalue weighted by atomic mass is 32.1. The molecule has 0 aliphatic carbocycles. The number of methoxy groups -OCH3 is 1. The molecule has 4 rings (SSSR count). The van der Waals surface area contributed by atoms with Crippen LogP contribution in [0.1, 0.15) is 50.2 Å². The van der Waals surface area contributed by atoms with E-state index >= 15 is 0 Å². The number of ether oxygens (including phenoxy) is 2. The molecule has 0 saturated carbocycles. The summed E-state index contributed by atoms with van der Waals surface area (Å²) in [7, 11) is 1.64. The maximum Gasteiger partial charge on any atom is 0.407 e. The Kier molecular flexibility index (Phi) is 7.33. The molecule has 36 heavy (non-hydrogen) atoms. The molecule has 1 amide bonds. The number of hydrogen-bond acceptors (Lipinski definition) is 10. The first-order valence-electron chi connectivity index (χ1n) is 12.0. The van der Waals surface area contributed by atoms with Crippen molar-refractivity contribution in [3.8, 4) is 0 Å². The van der Waals surface area contributed by atoms with E-state index in [0.29, 0.717) is 25.6 Å². The van der Waals surface area contributed by atoms with Crippen molar-refractivity contribution >= 4 is 40.1 Å². The maximum atomic E-state index is 12.5. The third-order valence-corrected chi connectivity index (χ3v) is 6.91. The third kappa shape index (κ3) is 6.01. The molecule has 3 heterocycles. The molecule has 1 aromatic carbocycles. The molecule has 1 unspecified atom stereocenters. The Morgan fingerprint density at radius 1 is 1.22 bits per heavy atom.